The zero-order chi connectivity index (χ0) is 34.7. The number of carbonyl (C=O) groups is 1. The minimum absolute atomic E-state index is 0. The van der Waals surface area contributed by atoms with Crippen molar-refractivity contribution in [2.45, 2.75) is 176 Å². The molecule has 0 spiro atoms. The summed E-state index contributed by atoms with van der Waals surface area (Å²) in [6.45, 7) is 18.1. The van der Waals surface area contributed by atoms with Crippen LogP contribution in [0.25, 0.3) is 0 Å². The second-order valence-corrected chi connectivity index (χ2v) is 17.9. The molecule has 7 heteroatoms. The Morgan fingerprint density at radius 3 is 2.12 bits per heavy atom. The number of halogens is 2. The van der Waals surface area contributed by atoms with E-state index >= 15 is 0 Å². The van der Waals surface area contributed by atoms with Crippen LogP contribution in [0.15, 0.2) is 11.6 Å². The van der Waals surface area contributed by atoms with Gasteiger partial charge in [-0.05, 0) is 136 Å². The van der Waals surface area contributed by atoms with Crippen molar-refractivity contribution in [2.75, 3.05) is 26.2 Å². The second-order valence-electron chi connectivity index (χ2n) is 17.9. The van der Waals surface area contributed by atoms with Crippen LogP contribution in [0.4, 0.5) is 4.79 Å². The first-order valence-electron chi connectivity index (χ1n) is 21.1. The van der Waals surface area contributed by atoms with Gasteiger partial charge in [-0.1, -0.05) is 105 Å². The zero-order valence-electron chi connectivity index (χ0n) is 33.4. The monoisotopic (exact) mass is 742 g/mol. The number of nitrogens with two attached hydrogens (primary N) is 2. The lowest BCUT2D eigenvalue weighted by molar-refractivity contribution is -0.0595. The Bertz CT molecular complexity index is 1010. The van der Waals surface area contributed by atoms with E-state index in [2.05, 4.69) is 47.6 Å². The largest absolute Gasteiger partial charge is 0.446 e. The van der Waals surface area contributed by atoms with Crippen LogP contribution < -0.4 is 11.5 Å². The average molecular weight is 743 g/mol. The number of amides is 1. The Hall–Kier alpha value is -0.490. The number of unbranched alkanes of at least 4 members (excludes halogenated alkanes) is 7. The molecular formula is C43H81Cl2N3O2. The van der Waals surface area contributed by atoms with Gasteiger partial charge < -0.3 is 21.1 Å². The molecule has 0 unspecified atom stereocenters. The second kappa shape index (κ2) is 22.0. The third-order valence-electron chi connectivity index (χ3n) is 14.8. The molecule has 4 aliphatic carbocycles. The van der Waals surface area contributed by atoms with Crippen LogP contribution in [-0.2, 0) is 4.74 Å². The van der Waals surface area contributed by atoms with Crippen LogP contribution in [0.1, 0.15) is 170 Å². The Labute approximate surface area is 321 Å². The molecule has 9 atom stereocenters. The minimum atomic E-state index is -0.105. The van der Waals surface area contributed by atoms with E-state index in [-0.39, 0.29) is 42.4 Å². The lowest BCUT2D eigenvalue weighted by Crippen LogP contribution is -2.51. The van der Waals surface area contributed by atoms with E-state index in [4.69, 9.17) is 16.2 Å². The van der Waals surface area contributed by atoms with E-state index in [0.29, 0.717) is 18.5 Å². The molecule has 4 rings (SSSR count). The summed E-state index contributed by atoms with van der Waals surface area (Å²) in [6, 6.07) is 0. The van der Waals surface area contributed by atoms with Crippen LogP contribution >= 0.6 is 24.8 Å². The molecule has 0 saturated heterocycles. The maximum atomic E-state index is 13.5. The summed E-state index contributed by atoms with van der Waals surface area (Å²) < 4.78 is 6.30. The predicted molar refractivity (Wildman–Crippen MR) is 218 cm³/mol. The van der Waals surface area contributed by atoms with Crippen molar-refractivity contribution < 1.29 is 9.53 Å². The van der Waals surface area contributed by atoms with Gasteiger partial charge in [0, 0.05) is 19.5 Å². The molecule has 3 saturated carbocycles. The number of hydrogen-bond donors (Lipinski definition) is 2. The molecule has 1 amide bonds. The average Bonchev–Trinajstić information content (AvgIpc) is 3.42. The van der Waals surface area contributed by atoms with Crippen molar-refractivity contribution in [3.8, 4) is 0 Å². The molecule has 5 nitrogen and oxygen atoms in total. The van der Waals surface area contributed by atoms with Crippen LogP contribution in [0.5, 0.6) is 0 Å². The highest BCUT2D eigenvalue weighted by molar-refractivity contribution is 5.85. The van der Waals surface area contributed by atoms with Crippen molar-refractivity contribution in [1.29, 1.82) is 0 Å². The van der Waals surface area contributed by atoms with Gasteiger partial charge >= 0.3 is 6.09 Å². The molecule has 3 fully saturated rings. The van der Waals surface area contributed by atoms with Crippen molar-refractivity contribution in [2.24, 2.45) is 63.7 Å². The molecule has 0 radical (unpaired) electrons. The van der Waals surface area contributed by atoms with E-state index < -0.39 is 0 Å². The molecule has 294 valence electrons. The molecule has 0 aliphatic heterocycles. The lowest BCUT2D eigenvalue weighted by atomic mass is 9.47. The topological polar surface area (TPSA) is 81.6 Å². The van der Waals surface area contributed by atoms with Gasteiger partial charge in [-0.3, -0.25) is 0 Å². The summed E-state index contributed by atoms with van der Waals surface area (Å²) in [5.41, 5.74) is 13.9. The van der Waals surface area contributed by atoms with Crippen molar-refractivity contribution in [3.63, 3.8) is 0 Å². The van der Waals surface area contributed by atoms with E-state index in [9.17, 15) is 4.79 Å². The Kier molecular flexibility index (Phi) is 20.1. The predicted octanol–water partition coefficient (Wildman–Crippen LogP) is 11.7. The zero-order valence-corrected chi connectivity index (χ0v) is 35.0. The molecule has 0 bridgehead atoms. The third kappa shape index (κ3) is 11.3. The van der Waals surface area contributed by atoms with Gasteiger partial charge in [0.1, 0.15) is 6.10 Å². The first-order chi connectivity index (χ1) is 23.1. The van der Waals surface area contributed by atoms with Gasteiger partial charge in [0.05, 0.1) is 0 Å². The Balaban J connectivity index is 0.00000433. The van der Waals surface area contributed by atoms with E-state index in [1.165, 1.54) is 96.3 Å². The van der Waals surface area contributed by atoms with E-state index in [1.807, 2.05) is 4.90 Å². The number of nitrogens with zero attached hydrogens (tertiary/aromatic N) is 1. The summed E-state index contributed by atoms with van der Waals surface area (Å²) in [7, 11) is 0. The number of allylic oxidation sites excluding steroid dienone is 1. The van der Waals surface area contributed by atoms with Gasteiger partial charge in [0.25, 0.3) is 0 Å². The Morgan fingerprint density at radius 2 is 1.48 bits per heavy atom. The van der Waals surface area contributed by atoms with E-state index in [0.717, 1.165) is 86.6 Å². The van der Waals surface area contributed by atoms with Crippen molar-refractivity contribution in [1.82, 2.24) is 4.90 Å². The normalized spacial score (nSPS) is 31.3. The standard InChI is InChI=1S/C43H79N3O2.2ClH/c1-7-34(32(2)3)18-17-33(4)38-21-22-39-37-20-19-35-31-36(23-25-42(35,5)40(37)24-26-43(38,39)6)48-41(47)46(30-16-28-45)29-15-13-11-9-8-10-12-14-27-44;;/h19,32-34,36-40H,7-18,20-31,44-45H2,1-6H3;2*1H/t33-,34-,36+,37+,38-,39+,40+,42+,43-;;/m1../s1. The first-order valence-corrected chi connectivity index (χ1v) is 21.1. The summed E-state index contributed by atoms with van der Waals surface area (Å²) in [5.74, 6) is 5.96. The Morgan fingerprint density at radius 1 is 0.840 bits per heavy atom. The minimum Gasteiger partial charge on any atom is -0.446 e. The number of carbonyl (C=O) groups excluding carboxylic acids is 1. The highest BCUT2D eigenvalue weighted by Crippen LogP contribution is 2.67. The molecule has 0 aromatic heterocycles. The van der Waals surface area contributed by atoms with Gasteiger partial charge in [0.15, 0.2) is 0 Å². The van der Waals surface area contributed by atoms with Gasteiger partial charge in [0.2, 0.25) is 0 Å². The third-order valence-corrected chi connectivity index (χ3v) is 14.8. The van der Waals surface area contributed by atoms with Crippen molar-refractivity contribution >= 4 is 30.9 Å². The number of hydrogen-bond acceptors (Lipinski definition) is 4. The fraction of sp³-hybridized carbons (Fsp3) is 0.930. The fourth-order valence-electron chi connectivity index (χ4n) is 11.7. The molecule has 4 aliphatic rings. The van der Waals surface area contributed by atoms with Crippen LogP contribution in [-0.4, -0.2) is 43.3 Å². The van der Waals surface area contributed by atoms with Crippen LogP contribution in [0.3, 0.4) is 0 Å². The van der Waals surface area contributed by atoms with Crippen LogP contribution in [0, 0.1) is 52.3 Å². The fourth-order valence-corrected chi connectivity index (χ4v) is 11.7. The lowest BCUT2D eigenvalue weighted by Gasteiger charge is -2.58. The number of ether oxygens (including phenoxy) is 1. The van der Waals surface area contributed by atoms with Crippen molar-refractivity contribution in [3.05, 3.63) is 11.6 Å². The summed E-state index contributed by atoms with van der Waals surface area (Å²) >= 11 is 0. The highest BCUT2D eigenvalue weighted by atomic mass is 35.5. The smallest absolute Gasteiger partial charge is 0.410 e. The summed E-state index contributed by atoms with van der Waals surface area (Å²) in [6.07, 6.45) is 27.4. The maximum absolute atomic E-state index is 13.5. The molecular weight excluding hydrogens is 661 g/mol. The SMILES string of the molecule is CC[C@H](CC[C@@H](C)[C@H]1CC[C@H]2[C@@H]3CC=C4C[C@@H](OC(=O)N(CCCN)CCCCCCCCCCN)CC[C@]4(C)[C@H]3CC[C@]12C)C(C)C.Cl.Cl. The van der Waals surface area contributed by atoms with Gasteiger partial charge in [-0.2, -0.15) is 0 Å². The molecule has 0 aromatic carbocycles. The van der Waals surface area contributed by atoms with E-state index in [1.54, 1.807) is 5.57 Å². The summed E-state index contributed by atoms with van der Waals surface area (Å²) in [5, 5.41) is 0. The van der Waals surface area contributed by atoms with Crippen LogP contribution in [0.2, 0.25) is 0 Å². The number of fused-ring (bicyclic) bond motifs is 5. The highest BCUT2D eigenvalue weighted by Gasteiger charge is 2.59. The molecule has 0 aromatic rings. The van der Waals surface area contributed by atoms with Gasteiger partial charge in [-0.25, -0.2) is 4.79 Å². The van der Waals surface area contributed by atoms with Gasteiger partial charge in [-0.15, -0.1) is 24.8 Å². The quantitative estimate of drug-likeness (QED) is 0.0961. The number of rotatable bonds is 20. The molecule has 0 heterocycles. The molecule has 4 N–H and O–H groups in total. The maximum Gasteiger partial charge on any atom is 0.410 e. The first kappa shape index (κ1) is 45.7. The molecule has 50 heavy (non-hydrogen) atoms. The summed E-state index contributed by atoms with van der Waals surface area (Å²) in [4.78, 5) is 15.4.